The molecule has 1 amide bonds. The van der Waals surface area contributed by atoms with Crippen LogP contribution >= 0.6 is 0 Å². The van der Waals surface area contributed by atoms with Gasteiger partial charge in [0, 0.05) is 30.9 Å². The van der Waals surface area contributed by atoms with Gasteiger partial charge in [0.2, 0.25) is 0 Å². The lowest BCUT2D eigenvalue weighted by atomic mass is 9.92. The third-order valence-corrected chi connectivity index (χ3v) is 4.96. The summed E-state index contributed by atoms with van der Waals surface area (Å²) in [5.74, 6) is -1.35. The zero-order valence-electron chi connectivity index (χ0n) is 16.6. The summed E-state index contributed by atoms with van der Waals surface area (Å²) in [4.78, 5) is 22.3. The molecule has 0 radical (unpaired) electrons. The molecule has 1 fully saturated rings. The van der Waals surface area contributed by atoms with Gasteiger partial charge in [-0.2, -0.15) is 0 Å². The van der Waals surface area contributed by atoms with E-state index in [1.165, 1.54) is 6.08 Å². The summed E-state index contributed by atoms with van der Waals surface area (Å²) in [5, 5.41) is 8.04. The van der Waals surface area contributed by atoms with Crippen LogP contribution in [0.2, 0.25) is 0 Å². The van der Waals surface area contributed by atoms with Crippen molar-refractivity contribution in [1.29, 1.82) is 5.41 Å². The third kappa shape index (κ3) is 4.94. The minimum atomic E-state index is -0.711. The van der Waals surface area contributed by atoms with Crippen LogP contribution in [0, 0.1) is 29.9 Å². The molecular weight excluding hydrogens is 390 g/mol. The van der Waals surface area contributed by atoms with E-state index in [-0.39, 0.29) is 17.3 Å². The van der Waals surface area contributed by atoms with E-state index in [4.69, 9.17) is 10.1 Å². The number of aromatic nitrogens is 1. The predicted octanol–water partition coefficient (Wildman–Crippen LogP) is 4.53. The van der Waals surface area contributed by atoms with E-state index in [9.17, 15) is 13.6 Å². The van der Waals surface area contributed by atoms with Crippen LogP contribution in [0.5, 0.6) is 5.75 Å². The van der Waals surface area contributed by atoms with Crippen molar-refractivity contribution in [1.82, 2.24) is 9.88 Å². The van der Waals surface area contributed by atoms with Crippen molar-refractivity contribution in [2.24, 2.45) is 10.9 Å². The lowest BCUT2D eigenvalue weighted by molar-refractivity contribution is 0.137. The van der Waals surface area contributed by atoms with Gasteiger partial charge in [0.25, 0.3) is 0 Å². The first-order valence-electron chi connectivity index (χ1n) is 9.52. The Balaban J connectivity index is 1.64. The predicted molar refractivity (Wildman–Crippen MR) is 110 cm³/mol. The fourth-order valence-electron chi connectivity index (χ4n) is 3.27. The maximum atomic E-state index is 13.9. The lowest BCUT2D eigenvalue weighted by Crippen LogP contribution is -2.41. The van der Waals surface area contributed by atoms with Gasteiger partial charge in [-0.05, 0) is 56.2 Å². The molecular formula is C22H22F2N4O2. The SMILES string of the molecule is C=C/C(=N\C(=N)c1cc(F)ccc1F)C1CCN(C(=O)Oc2cccnc2C)CC1. The van der Waals surface area contributed by atoms with E-state index in [0.29, 0.717) is 43.1 Å². The standard InChI is InChI=1S/C22H22F2N4O2/c1-3-19(27-21(25)17-13-16(23)6-7-18(17)24)15-8-11-28(12-9-15)22(29)30-20-5-4-10-26-14(20)2/h3-7,10,13,15,25H,1,8-9,11-12H2,2H3/b25-21?,27-19+. The van der Waals surface area contributed by atoms with E-state index < -0.39 is 17.7 Å². The van der Waals surface area contributed by atoms with Crippen LogP contribution in [-0.2, 0) is 0 Å². The van der Waals surface area contributed by atoms with Crippen molar-refractivity contribution < 1.29 is 18.3 Å². The first-order chi connectivity index (χ1) is 14.4. The average molecular weight is 412 g/mol. The largest absolute Gasteiger partial charge is 0.415 e. The van der Waals surface area contributed by atoms with Gasteiger partial charge >= 0.3 is 6.09 Å². The molecule has 6 nitrogen and oxygen atoms in total. The minimum Gasteiger partial charge on any atom is -0.408 e. The molecule has 156 valence electrons. The second-order valence-electron chi connectivity index (χ2n) is 6.93. The van der Waals surface area contributed by atoms with E-state index in [2.05, 4.69) is 16.6 Å². The molecule has 3 rings (SSSR count). The number of carbonyl (C=O) groups is 1. The lowest BCUT2D eigenvalue weighted by Gasteiger charge is -2.31. The molecule has 0 aliphatic carbocycles. The van der Waals surface area contributed by atoms with Gasteiger partial charge in [-0.15, -0.1) is 0 Å². The Labute approximate surface area is 173 Å². The van der Waals surface area contributed by atoms with Crippen molar-refractivity contribution in [3.8, 4) is 5.75 Å². The number of rotatable bonds is 4. The maximum absolute atomic E-state index is 13.9. The Morgan fingerprint density at radius 2 is 2.07 bits per heavy atom. The van der Waals surface area contributed by atoms with Crippen LogP contribution in [0.1, 0.15) is 24.1 Å². The zero-order valence-corrected chi connectivity index (χ0v) is 16.6. The molecule has 30 heavy (non-hydrogen) atoms. The molecule has 2 heterocycles. The van der Waals surface area contributed by atoms with Gasteiger partial charge in [0.05, 0.1) is 11.3 Å². The van der Waals surface area contributed by atoms with Crippen molar-refractivity contribution >= 4 is 17.6 Å². The second kappa shape index (κ2) is 9.39. The molecule has 0 saturated carbocycles. The number of halogens is 2. The van der Waals surface area contributed by atoms with Gasteiger partial charge in [-0.25, -0.2) is 18.6 Å². The molecule has 0 atom stereocenters. The number of benzene rings is 1. The van der Waals surface area contributed by atoms with Gasteiger partial charge in [0.1, 0.15) is 11.6 Å². The highest BCUT2D eigenvalue weighted by atomic mass is 19.1. The maximum Gasteiger partial charge on any atom is 0.415 e. The van der Waals surface area contributed by atoms with Crippen LogP contribution in [0.25, 0.3) is 0 Å². The molecule has 8 heteroatoms. The van der Waals surface area contributed by atoms with Gasteiger partial charge < -0.3 is 9.64 Å². The van der Waals surface area contributed by atoms with Crippen LogP contribution in [0.15, 0.2) is 54.2 Å². The summed E-state index contributed by atoms with van der Waals surface area (Å²) >= 11 is 0. The Hall–Kier alpha value is -3.42. The van der Waals surface area contributed by atoms with Crippen molar-refractivity contribution in [2.45, 2.75) is 19.8 Å². The zero-order chi connectivity index (χ0) is 21.7. The van der Waals surface area contributed by atoms with Gasteiger partial charge in [-0.1, -0.05) is 6.58 Å². The quantitative estimate of drug-likeness (QED) is 0.592. The number of hydrogen-bond acceptors (Lipinski definition) is 4. The molecule has 1 aliphatic rings. The highest BCUT2D eigenvalue weighted by Gasteiger charge is 2.27. The number of amides is 1. The molecule has 0 bridgehead atoms. The molecule has 1 saturated heterocycles. The molecule has 2 aromatic rings. The number of ether oxygens (including phenoxy) is 1. The number of nitrogens with one attached hydrogen (secondary N) is 1. The number of pyridine rings is 1. The van der Waals surface area contributed by atoms with E-state index in [1.54, 1.807) is 30.2 Å². The minimum absolute atomic E-state index is 0.0522. The molecule has 1 aromatic carbocycles. The van der Waals surface area contributed by atoms with Crippen LogP contribution in [-0.4, -0.2) is 40.6 Å². The van der Waals surface area contributed by atoms with Gasteiger partial charge in [-0.3, -0.25) is 10.4 Å². The Morgan fingerprint density at radius 1 is 1.33 bits per heavy atom. The van der Waals surface area contributed by atoms with Crippen LogP contribution in [0.4, 0.5) is 13.6 Å². The van der Waals surface area contributed by atoms with E-state index in [1.807, 2.05) is 0 Å². The van der Waals surface area contributed by atoms with Crippen LogP contribution in [0.3, 0.4) is 0 Å². The fourth-order valence-corrected chi connectivity index (χ4v) is 3.27. The van der Waals surface area contributed by atoms with Crippen molar-refractivity contribution in [2.75, 3.05) is 13.1 Å². The number of aliphatic imine (C=N–C) groups is 1. The summed E-state index contributed by atoms with van der Waals surface area (Å²) in [6, 6.07) is 6.29. The number of hydrogen-bond donors (Lipinski definition) is 1. The fraction of sp³-hybridized carbons (Fsp3) is 0.273. The first kappa shape index (κ1) is 21.3. The summed E-state index contributed by atoms with van der Waals surface area (Å²) < 4.78 is 32.7. The number of allylic oxidation sites excluding steroid dienone is 1. The summed E-state index contributed by atoms with van der Waals surface area (Å²) in [6.45, 7) is 6.38. The molecule has 1 N–H and O–H groups in total. The number of piperidine rings is 1. The first-order valence-corrected chi connectivity index (χ1v) is 9.52. The highest BCUT2D eigenvalue weighted by molar-refractivity contribution is 6.09. The molecule has 0 unspecified atom stereocenters. The monoisotopic (exact) mass is 412 g/mol. The third-order valence-electron chi connectivity index (χ3n) is 4.96. The Kier molecular flexibility index (Phi) is 6.66. The molecule has 0 spiro atoms. The Morgan fingerprint density at radius 3 is 2.73 bits per heavy atom. The summed E-state index contributed by atoms with van der Waals surface area (Å²) in [7, 11) is 0. The number of nitrogens with zero attached hydrogens (tertiary/aromatic N) is 3. The Bertz CT molecular complexity index is 998. The highest BCUT2D eigenvalue weighted by Crippen LogP contribution is 2.22. The van der Waals surface area contributed by atoms with E-state index in [0.717, 1.165) is 18.2 Å². The normalized spacial score (nSPS) is 15.0. The second-order valence-corrected chi connectivity index (χ2v) is 6.93. The van der Waals surface area contributed by atoms with Crippen molar-refractivity contribution in [3.63, 3.8) is 0 Å². The topological polar surface area (TPSA) is 78.6 Å². The summed E-state index contributed by atoms with van der Waals surface area (Å²) in [6.07, 6.45) is 3.87. The molecule has 1 aromatic heterocycles. The smallest absolute Gasteiger partial charge is 0.408 e. The number of likely N-dealkylation sites (tertiary alicyclic amines) is 1. The van der Waals surface area contributed by atoms with Gasteiger partial charge in [0.15, 0.2) is 11.6 Å². The van der Waals surface area contributed by atoms with E-state index >= 15 is 0 Å². The van der Waals surface area contributed by atoms with Crippen LogP contribution < -0.4 is 4.74 Å². The average Bonchev–Trinajstić information content (AvgIpc) is 2.75. The number of amidine groups is 1. The molecule has 1 aliphatic heterocycles. The number of aryl methyl sites for hydroxylation is 1. The summed E-state index contributed by atoms with van der Waals surface area (Å²) in [5.41, 5.74) is 0.937. The number of carbonyl (C=O) groups excluding carboxylic acids is 1. The van der Waals surface area contributed by atoms with Crippen molar-refractivity contribution in [3.05, 3.63) is 72.1 Å².